The lowest BCUT2D eigenvalue weighted by Gasteiger charge is -2.15. The topological polar surface area (TPSA) is 64.9 Å². The molecular weight excluding hydrogens is 210 g/mol. The Kier molecular flexibility index (Phi) is 4.16. The average molecular weight is 229 g/mol. The van der Waals surface area contributed by atoms with Gasteiger partial charge in [-0.2, -0.15) is 4.98 Å². The monoisotopic (exact) mass is 229 g/mol. The van der Waals surface area contributed by atoms with E-state index in [0.717, 1.165) is 18.0 Å². The average Bonchev–Trinajstić information content (AvgIpc) is 2.61. The summed E-state index contributed by atoms with van der Waals surface area (Å²) < 4.78 is 5.30. The van der Waals surface area contributed by atoms with Crippen molar-refractivity contribution in [3.8, 4) is 0 Å². The Morgan fingerprint density at radius 3 is 2.67 bits per heavy atom. The van der Waals surface area contributed by atoms with Gasteiger partial charge in [-0.15, -0.1) is 11.8 Å². The van der Waals surface area contributed by atoms with Crippen LogP contribution in [-0.4, -0.2) is 14.9 Å². The van der Waals surface area contributed by atoms with Crippen LogP contribution in [0.15, 0.2) is 4.52 Å². The van der Waals surface area contributed by atoms with Crippen LogP contribution in [0.25, 0.3) is 0 Å². The van der Waals surface area contributed by atoms with Gasteiger partial charge in [0.05, 0.1) is 11.8 Å². The molecule has 0 aromatic carbocycles. The maximum Gasteiger partial charge on any atom is 0.243 e. The fourth-order valence-corrected chi connectivity index (χ4v) is 1.61. The van der Waals surface area contributed by atoms with Gasteiger partial charge in [0.1, 0.15) is 0 Å². The Morgan fingerprint density at radius 2 is 2.13 bits per heavy atom. The van der Waals surface area contributed by atoms with Crippen LogP contribution in [0.3, 0.4) is 0 Å². The Hall–Kier alpha value is -0.550. The van der Waals surface area contributed by atoms with Gasteiger partial charge in [0.15, 0.2) is 5.82 Å². The van der Waals surface area contributed by atoms with Crippen LogP contribution in [0.4, 0.5) is 0 Å². The molecule has 2 N–H and O–H groups in total. The summed E-state index contributed by atoms with van der Waals surface area (Å²) in [6.45, 7) is 8.49. The molecule has 0 aliphatic rings. The van der Waals surface area contributed by atoms with Crippen LogP contribution < -0.4 is 5.73 Å². The lowest BCUT2D eigenvalue weighted by Crippen LogP contribution is -2.09. The molecule has 0 bridgehead atoms. The van der Waals surface area contributed by atoms with Crippen LogP contribution in [0, 0.1) is 0 Å². The summed E-state index contributed by atoms with van der Waals surface area (Å²) in [5.74, 6) is 2.04. The first-order chi connectivity index (χ1) is 6.92. The van der Waals surface area contributed by atoms with E-state index in [4.69, 9.17) is 10.3 Å². The predicted molar refractivity (Wildman–Crippen MR) is 62.6 cm³/mol. The number of thioether (sulfide) groups is 1. The van der Waals surface area contributed by atoms with E-state index in [9.17, 15) is 0 Å². The molecule has 1 aromatic rings. The number of aromatic nitrogens is 2. The van der Waals surface area contributed by atoms with Crippen molar-refractivity contribution in [2.75, 3.05) is 0 Å². The molecule has 0 saturated heterocycles. The number of rotatable bonds is 4. The van der Waals surface area contributed by atoms with E-state index in [1.165, 1.54) is 0 Å². The molecule has 0 saturated carbocycles. The summed E-state index contributed by atoms with van der Waals surface area (Å²) in [5.41, 5.74) is 5.79. The Labute approximate surface area is 95.0 Å². The van der Waals surface area contributed by atoms with Crippen LogP contribution in [0.1, 0.15) is 51.9 Å². The van der Waals surface area contributed by atoms with Gasteiger partial charge in [-0.1, -0.05) is 32.9 Å². The first-order valence-corrected chi connectivity index (χ1v) is 6.13. The number of nitrogens with zero attached hydrogens (tertiary/aromatic N) is 2. The van der Waals surface area contributed by atoms with Gasteiger partial charge in [0.2, 0.25) is 5.89 Å². The van der Waals surface area contributed by atoms with E-state index < -0.39 is 0 Å². The van der Waals surface area contributed by atoms with Gasteiger partial charge in [0, 0.05) is 4.75 Å². The lowest BCUT2D eigenvalue weighted by molar-refractivity contribution is 0.349. The van der Waals surface area contributed by atoms with E-state index in [1.807, 2.05) is 6.92 Å². The molecule has 0 radical (unpaired) electrons. The van der Waals surface area contributed by atoms with Crippen molar-refractivity contribution < 1.29 is 4.52 Å². The molecule has 1 aromatic heterocycles. The summed E-state index contributed by atoms with van der Waals surface area (Å²) in [7, 11) is 0. The number of hydrogen-bond acceptors (Lipinski definition) is 5. The molecule has 0 spiro atoms. The van der Waals surface area contributed by atoms with Crippen LogP contribution >= 0.6 is 11.8 Å². The third-order valence-corrected chi connectivity index (χ3v) is 3.14. The van der Waals surface area contributed by atoms with Crippen molar-refractivity contribution in [2.24, 2.45) is 5.73 Å². The minimum Gasteiger partial charge on any atom is -0.338 e. The molecular formula is C10H19N3OS. The molecule has 0 fully saturated rings. The second kappa shape index (κ2) is 4.99. The summed E-state index contributed by atoms with van der Waals surface area (Å²) >= 11 is 1.79. The van der Waals surface area contributed by atoms with Gasteiger partial charge in [-0.25, -0.2) is 0 Å². The summed E-state index contributed by atoms with van der Waals surface area (Å²) in [5, 5.41) is 3.90. The lowest BCUT2D eigenvalue weighted by atomic mass is 10.2. The molecule has 4 nitrogen and oxygen atoms in total. The predicted octanol–water partition coefficient (Wildman–Crippen LogP) is 2.51. The molecule has 0 unspecified atom stereocenters. The van der Waals surface area contributed by atoms with Crippen molar-refractivity contribution in [1.82, 2.24) is 10.1 Å². The maximum atomic E-state index is 5.79. The van der Waals surface area contributed by atoms with Crippen molar-refractivity contribution in [1.29, 1.82) is 0 Å². The zero-order valence-corrected chi connectivity index (χ0v) is 10.6. The molecule has 0 aliphatic heterocycles. The Morgan fingerprint density at radius 1 is 1.47 bits per heavy atom. The summed E-state index contributed by atoms with van der Waals surface area (Å²) in [4.78, 5) is 4.26. The van der Waals surface area contributed by atoms with E-state index in [2.05, 4.69) is 30.9 Å². The van der Waals surface area contributed by atoms with Gasteiger partial charge in [-0.05, 0) is 6.42 Å². The normalized spacial score (nSPS) is 14.2. The zero-order chi connectivity index (χ0) is 11.5. The van der Waals surface area contributed by atoms with Gasteiger partial charge in [0.25, 0.3) is 0 Å². The Bertz CT molecular complexity index is 306. The zero-order valence-electron chi connectivity index (χ0n) is 9.78. The summed E-state index contributed by atoms with van der Waals surface area (Å²) in [6.07, 6.45) is 0.814. The molecule has 5 heteroatoms. The molecule has 86 valence electrons. The van der Waals surface area contributed by atoms with Crippen molar-refractivity contribution in [3.05, 3.63) is 11.7 Å². The fourth-order valence-electron chi connectivity index (χ4n) is 0.932. The van der Waals surface area contributed by atoms with E-state index in [1.54, 1.807) is 11.8 Å². The van der Waals surface area contributed by atoms with E-state index in [0.29, 0.717) is 5.89 Å². The largest absolute Gasteiger partial charge is 0.338 e. The molecule has 1 rings (SSSR count). The highest BCUT2D eigenvalue weighted by Gasteiger charge is 2.16. The van der Waals surface area contributed by atoms with Crippen LogP contribution in [0.2, 0.25) is 0 Å². The second-order valence-corrected chi connectivity index (χ2v) is 6.27. The highest BCUT2D eigenvalue weighted by molar-refractivity contribution is 7.99. The first kappa shape index (κ1) is 12.5. The third-order valence-electron chi connectivity index (χ3n) is 1.88. The van der Waals surface area contributed by atoms with E-state index in [-0.39, 0.29) is 10.8 Å². The quantitative estimate of drug-likeness (QED) is 0.859. The minimum absolute atomic E-state index is 0.133. The summed E-state index contributed by atoms with van der Waals surface area (Å²) in [6, 6.07) is -0.133. The standard InChI is InChI=1S/C10H19N3OS/c1-5-7(11)9-12-8(13-14-9)6-15-10(2,3)4/h7H,5-6,11H2,1-4H3/t7-/m0/s1. The van der Waals surface area contributed by atoms with Crippen LogP contribution in [-0.2, 0) is 5.75 Å². The molecule has 0 amide bonds. The second-order valence-electron chi connectivity index (χ2n) is 4.46. The molecule has 15 heavy (non-hydrogen) atoms. The SMILES string of the molecule is CC[C@H](N)c1nc(CSC(C)(C)C)no1. The Balaban J connectivity index is 2.53. The number of nitrogens with two attached hydrogens (primary N) is 1. The minimum atomic E-state index is -0.133. The van der Waals surface area contributed by atoms with Crippen molar-refractivity contribution in [3.63, 3.8) is 0 Å². The van der Waals surface area contributed by atoms with Crippen molar-refractivity contribution in [2.45, 2.75) is 50.7 Å². The first-order valence-electron chi connectivity index (χ1n) is 5.14. The van der Waals surface area contributed by atoms with Crippen molar-refractivity contribution >= 4 is 11.8 Å². The highest BCUT2D eigenvalue weighted by atomic mass is 32.2. The van der Waals surface area contributed by atoms with Crippen LogP contribution in [0.5, 0.6) is 0 Å². The fraction of sp³-hybridized carbons (Fsp3) is 0.800. The van der Waals surface area contributed by atoms with Gasteiger partial charge >= 0.3 is 0 Å². The van der Waals surface area contributed by atoms with Gasteiger partial charge < -0.3 is 10.3 Å². The highest BCUT2D eigenvalue weighted by Crippen LogP contribution is 2.26. The molecule has 1 atom stereocenters. The van der Waals surface area contributed by atoms with Gasteiger partial charge in [-0.3, -0.25) is 0 Å². The molecule has 1 heterocycles. The smallest absolute Gasteiger partial charge is 0.243 e. The number of hydrogen-bond donors (Lipinski definition) is 1. The van der Waals surface area contributed by atoms with E-state index >= 15 is 0 Å². The maximum absolute atomic E-state index is 5.79. The molecule has 0 aliphatic carbocycles. The third kappa shape index (κ3) is 4.22.